The topological polar surface area (TPSA) is 82.5 Å². The summed E-state index contributed by atoms with van der Waals surface area (Å²) in [5.41, 5.74) is 2.03. The minimum Gasteiger partial charge on any atom is -0.489 e. The quantitative estimate of drug-likeness (QED) is 0.401. The molecule has 9 nitrogen and oxygen atoms in total. The number of piperazine rings is 1. The number of hydrogen-bond donors (Lipinski definition) is 1. The van der Waals surface area contributed by atoms with Crippen molar-refractivity contribution in [2.75, 3.05) is 60.3 Å². The summed E-state index contributed by atoms with van der Waals surface area (Å²) in [6.45, 7) is 3.72. The van der Waals surface area contributed by atoms with Gasteiger partial charge in [0, 0.05) is 70.5 Å². The van der Waals surface area contributed by atoms with Gasteiger partial charge < -0.3 is 24.8 Å². The predicted molar refractivity (Wildman–Crippen MR) is 143 cm³/mol. The number of hydrogen-bond acceptors (Lipinski definition) is 9. The highest BCUT2D eigenvalue weighted by Crippen LogP contribution is 2.26. The molecule has 0 spiro atoms. The molecule has 9 heteroatoms. The van der Waals surface area contributed by atoms with Crippen LogP contribution in [0.2, 0.25) is 0 Å². The maximum atomic E-state index is 5.99. The second-order valence-corrected chi connectivity index (χ2v) is 8.76. The van der Waals surface area contributed by atoms with Crippen molar-refractivity contribution in [3.8, 4) is 5.75 Å². The van der Waals surface area contributed by atoms with Crippen LogP contribution >= 0.6 is 0 Å². The maximum absolute atomic E-state index is 5.99. The van der Waals surface area contributed by atoms with E-state index >= 15 is 0 Å². The second kappa shape index (κ2) is 10.9. The molecule has 1 fully saturated rings. The third-order valence-corrected chi connectivity index (χ3v) is 5.91. The molecule has 1 saturated heterocycles. The van der Waals surface area contributed by atoms with Gasteiger partial charge in [0.15, 0.2) is 0 Å². The van der Waals surface area contributed by atoms with Crippen molar-refractivity contribution in [1.29, 1.82) is 0 Å². The molecule has 4 aromatic rings. The van der Waals surface area contributed by atoms with Crippen LogP contribution in [0.15, 0.2) is 79.1 Å². The maximum Gasteiger partial charge on any atom is 0.229 e. The third-order valence-electron chi connectivity index (χ3n) is 5.91. The molecule has 0 amide bonds. The van der Waals surface area contributed by atoms with Crippen LogP contribution < -0.4 is 24.8 Å². The van der Waals surface area contributed by atoms with E-state index in [0.717, 1.165) is 60.8 Å². The van der Waals surface area contributed by atoms with Gasteiger partial charge in [0.1, 0.15) is 24.0 Å². The van der Waals surface area contributed by atoms with Crippen molar-refractivity contribution < 1.29 is 4.74 Å². The summed E-state index contributed by atoms with van der Waals surface area (Å²) < 4.78 is 5.99. The lowest BCUT2D eigenvalue weighted by molar-refractivity contribution is 0.306. The minimum atomic E-state index is 0.521. The van der Waals surface area contributed by atoms with E-state index in [2.05, 4.69) is 37.2 Å². The number of rotatable bonds is 8. The number of ether oxygens (including phenoxy) is 1. The van der Waals surface area contributed by atoms with Crippen molar-refractivity contribution >= 4 is 29.2 Å². The van der Waals surface area contributed by atoms with Crippen LogP contribution in [0.3, 0.4) is 0 Å². The van der Waals surface area contributed by atoms with Gasteiger partial charge in [-0.25, -0.2) is 9.97 Å². The lowest BCUT2D eigenvalue weighted by atomic mass is 10.2. The summed E-state index contributed by atoms with van der Waals surface area (Å²) >= 11 is 0. The Balaban J connectivity index is 1.29. The summed E-state index contributed by atoms with van der Waals surface area (Å²) in [6, 6.07) is 21.9. The largest absolute Gasteiger partial charge is 0.489 e. The highest BCUT2D eigenvalue weighted by Gasteiger charge is 2.22. The Morgan fingerprint density at radius 1 is 0.806 bits per heavy atom. The first kappa shape index (κ1) is 23.3. The van der Waals surface area contributed by atoms with E-state index in [1.165, 1.54) is 0 Å². The van der Waals surface area contributed by atoms with Gasteiger partial charge in [-0.1, -0.05) is 36.4 Å². The molecule has 36 heavy (non-hydrogen) atoms. The molecular weight excluding hydrogens is 452 g/mol. The first-order valence-electron chi connectivity index (χ1n) is 12.0. The van der Waals surface area contributed by atoms with Crippen LogP contribution in [0.4, 0.5) is 29.2 Å². The molecule has 0 saturated carbocycles. The lowest BCUT2D eigenvalue weighted by Gasteiger charge is -2.35. The van der Waals surface area contributed by atoms with Crippen LogP contribution in [-0.2, 0) is 6.61 Å². The average Bonchev–Trinajstić information content (AvgIpc) is 2.93. The van der Waals surface area contributed by atoms with Gasteiger partial charge in [0.2, 0.25) is 11.9 Å². The van der Waals surface area contributed by atoms with Crippen molar-refractivity contribution in [2.45, 2.75) is 6.61 Å². The Hall–Kier alpha value is -4.40. The van der Waals surface area contributed by atoms with Crippen LogP contribution in [0.1, 0.15) is 5.56 Å². The van der Waals surface area contributed by atoms with Crippen molar-refractivity contribution in [2.24, 2.45) is 0 Å². The molecular formula is C27H30N8O. The zero-order valence-electron chi connectivity index (χ0n) is 20.6. The van der Waals surface area contributed by atoms with Gasteiger partial charge in [-0.05, 0) is 23.8 Å². The minimum absolute atomic E-state index is 0.521. The molecule has 2 aromatic heterocycles. The summed E-state index contributed by atoms with van der Waals surface area (Å²) in [6.07, 6.45) is 3.55. The predicted octanol–water partition coefficient (Wildman–Crippen LogP) is 3.98. The SMILES string of the molecule is CN(C)c1cc(Nc2cccc(OCc3ccccc3)c2)nc(N2CCN(c3ncccn3)CC2)n1. The third kappa shape index (κ3) is 5.80. The van der Waals surface area contributed by atoms with Gasteiger partial charge in [-0.15, -0.1) is 0 Å². The highest BCUT2D eigenvalue weighted by molar-refractivity contribution is 5.63. The standard InChI is InChI=1S/C27H30N8O/c1-33(2)25-19-24(30-22-10-6-11-23(18-22)36-20-21-8-4-3-5-9-21)31-27(32-25)35-16-14-34(15-17-35)26-28-12-7-13-29-26/h3-13,18-19H,14-17,20H2,1-2H3,(H,30,31,32). The van der Waals surface area contributed by atoms with E-state index in [0.29, 0.717) is 12.6 Å². The molecule has 0 unspecified atom stereocenters. The van der Waals surface area contributed by atoms with Crippen LogP contribution in [0, 0.1) is 0 Å². The first-order valence-corrected chi connectivity index (χ1v) is 12.0. The van der Waals surface area contributed by atoms with Crippen LogP contribution in [0.5, 0.6) is 5.75 Å². The Kier molecular flexibility index (Phi) is 7.07. The summed E-state index contributed by atoms with van der Waals surface area (Å²) in [5.74, 6) is 3.83. The van der Waals surface area contributed by atoms with Crippen LogP contribution in [0.25, 0.3) is 0 Å². The molecule has 1 aliphatic rings. The number of anilines is 5. The summed E-state index contributed by atoms with van der Waals surface area (Å²) in [7, 11) is 3.97. The summed E-state index contributed by atoms with van der Waals surface area (Å²) in [5, 5.41) is 3.44. The monoisotopic (exact) mass is 482 g/mol. The number of nitrogens with zero attached hydrogens (tertiary/aromatic N) is 7. The zero-order chi connectivity index (χ0) is 24.7. The highest BCUT2D eigenvalue weighted by atomic mass is 16.5. The Labute approximate surface area is 211 Å². The molecule has 2 aromatic carbocycles. The van der Waals surface area contributed by atoms with Crippen molar-refractivity contribution in [3.05, 3.63) is 84.7 Å². The molecule has 1 N–H and O–H groups in total. The van der Waals surface area contributed by atoms with Crippen LogP contribution in [-0.4, -0.2) is 60.2 Å². The molecule has 3 heterocycles. The van der Waals surface area contributed by atoms with E-state index in [-0.39, 0.29) is 0 Å². The van der Waals surface area contributed by atoms with E-state index in [4.69, 9.17) is 14.7 Å². The van der Waals surface area contributed by atoms with E-state index < -0.39 is 0 Å². The Morgan fingerprint density at radius 2 is 1.53 bits per heavy atom. The zero-order valence-corrected chi connectivity index (χ0v) is 20.6. The number of benzene rings is 2. The van der Waals surface area contributed by atoms with E-state index in [1.807, 2.05) is 73.6 Å². The smallest absolute Gasteiger partial charge is 0.229 e. The fourth-order valence-corrected chi connectivity index (χ4v) is 3.97. The van der Waals surface area contributed by atoms with Crippen molar-refractivity contribution in [1.82, 2.24) is 19.9 Å². The molecule has 5 rings (SSSR count). The van der Waals surface area contributed by atoms with Gasteiger partial charge in [0.25, 0.3) is 0 Å². The second-order valence-electron chi connectivity index (χ2n) is 8.76. The van der Waals surface area contributed by atoms with Gasteiger partial charge in [-0.2, -0.15) is 9.97 Å². The number of aromatic nitrogens is 4. The Bertz CT molecular complexity index is 1260. The number of nitrogens with one attached hydrogen (secondary N) is 1. The normalized spacial score (nSPS) is 13.4. The van der Waals surface area contributed by atoms with E-state index in [9.17, 15) is 0 Å². The Morgan fingerprint density at radius 3 is 2.25 bits per heavy atom. The van der Waals surface area contributed by atoms with Gasteiger partial charge in [0.05, 0.1) is 0 Å². The fraction of sp³-hybridized carbons (Fsp3) is 0.259. The van der Waals surface area contributed by atoms with E-state index in [1.54, 1.807) is 12.4 Å². The first-order chi connectivity index (χ1) is 17.6. The molecule has 0 radical (unpaired) electrons. The van der Waals surface area contributed by atoms with Crippen molar-refractivity contribution in [3.63, 3.8) is 0 Å². The summed E-state index contributed by atoms with van der Waals surface area (Å²) in [4.78, 5) is 24.8. The molecule has 0 bridgehead atoms. The molecule has 0 aliphatic carbocycles. The van der Waals surface area contributed by atoms with Gasteiger partial charge in [-0.3, -0.25) is 0 Å². The lowest BCUT2D eigenvalue weighted by Crippen LogP contribution is -2.47. The van der Waals surface area contributed by atoms with Gasteiger partial charge >= 0.3 is 0 Å². The fourth-order valence-electron chi connectivity index (χ4n) is 3.97. The molecule has 0 atom stereocenters. The average molecular weight is 483 g/mol. The molecule has 1 aliphatic heterocycles. The molecule has 184 valence electrons.